The number of amides is 1. The van der Waals surface area contributed by atoms with Crippen molar-refractivity contribution in [2.75, 3.05) is 5.32 Å². The van der Waals surface area contributed by atoms with Crippen molar-refractivity contribution in [1.82, 2.24) is 0 Å². The highest BCUT2D eigenvalue weighted by atomic mass is 16.1. The Bertz CT molecular complexity index is 357. The van der Waals surface area contributed by atoms with Gasteiger partial charge in [-0.2, -0.15) is 0 Å². The number of anilines is 1. The Morgan fingerprint density at radius 1 is 1.29 bits per heavy atom. The maximum absolute atomic E-state index is 11.7. The summed E-state index contributed by atoms with van der Waals surface area (Å²) in [6.07, 6.45) is 1.37. The van der Waals surface area contributed by atoms with Crippen LogP contribution in [0.25, 0.3) is 0 Å². The maximum atomic E-state index is 11.7. The SMILES string of the molecule is CCc1ccc(NC(=O)CC(N)C(C)C)cc1. The molecular weight excluding hydrogens is 212 g/mol. The summed E-state index contributed by atoms with van der Waals surface area (Å²) in [6, 6.07) is 7.83. The number of carbonyl (C=O) groups is 1. The average molecular weight is 234 g/mol. The van der Waals surface area contributed by atoms with Crippen LogP contribution in [0.1, 0.15) is 32.8 Å². The summed E-state index contributed by atoms with van der Waals surface area (Å²) in [5, 5.41) is 2.86. The molecule has 1 atom stereocenters. The largest absolute Gasteiger partial charge is 0.327 e. The van der Waals surface area contributed by atoms with Gasteiger partial charge in [-0.1, -0.05) is 32.9 Å². The van der Waals surface area contributed by atoms with Crippen molar-refractivity contribution in [2.45, 2.75) is 39.7 Å². The Balaban J connectivity index is 2.50. The first-order chi connectivity index (χ1) is 8.02. The molecule has 1 aromatic carbocycles. The van der Waals surface area contributed by atoms with E-state index in [9.17, 15) is 4.79 Å². The number of nitrogens with two attached hydrogens (primary N) is 1. The van der Waals surface area contributed by atoms with Gasteiger partial charge in [0.1, 0.15) is 0 Å². The monoisotopic (exact) mass is 234 g/mol. The number of aryl methyl sites for hydroxylation is 1. The number of rotatable bonds is 5. The van der Waals surface area contributed by atoms with E-state index in [0.29, 0.717) is 12.3 Å². The first kappa shape index (κ1) is 13.7. The van der Waals surface area contributed by atoms with Crippen LogP contribution in [0.2, 0.25) is 0 Å². The fourth-order valence-electron chi connectivity index (χ4n) is 1.49. The van der Waals surface area contributed by atoms with Crippen LogP contribution in [0.5, 0.6) is 0 Å². The lowest BCUT2D eigenvalue weighted by atomic mass is 10.0. The smallest absolute Gasteiger partial charge is 0.225 e. The second kappa shape index (κ2) is 6.40. The highest BCUT2D eigenvalue weighted by Crippen LogP contribution is 2.11. The molecule has 0 aromatic heterocycles. The Hall–Kier alpha value is -1.35. The first-order valence-electron chi connectivity index (χ1n) is 6.17. The normalized spacial score (nSPS) is 12.5. The summed E-state index contributed by atoms with van der Waals surface area (Å²) in [5.74, 6) is 0.304. The standard InChI is InChI=1S/C14H22N2O/c1-4-11-5-7-12(8-6-11)16-14(17)9-13(15)10(2)3/h5-8,10,13H,4,9,15H2,1-3H3,(H,16,17). The minimum Gasteiger partial charge on any atom is -0.327 e. The number of hydrogen-bond acceptors (Lipinski definition) is 2. The fourth-order valence-corrected chi connectivity index (χ4v) is 1.49. The van der Waals surface area contributed by atoms with Gasteiger partial charge in [-0.05, 0) is 30.0 Å². The van der Waals surface area contributed by atoms with Crippen LogP contribution >= 0.6 is 0 Å². The van der Waals surface area contributed by atoms with Crippen LogP contribution in [0.4, 0.5) is 5.69 Å². The molecule has 0 spiro atoms. The third-order valence-electron chi connectivity index (χ3n) is 2.92. The van der Waals surface area contributed by atoms with E-state index in [0.717, 1.165) is 12.1 Å². The number of carbonyl (C=O) groups excluding carboxylic acids is 1. The zero-order chi connectivity index (χ0) is 12.8. The summed E-state index contributed by atoms with van der Waals surface area (Å²) in [6.45, 7) is 6.15. The predicted octanol–water partition coefficient (Wildman–Crippen LogP) is 2.56. The molecule has 94 valence electrons. The Labute approximate surface area is 103 Å². The van der Waals surface area contributed by atoms with E-state index in [1.165, 1.54) is 5.56 Å². The molecule has 17 heavy (non-hydrogen) atoms. The maximum Gasteiger partial charge on any atom is 0.225 e. The van der Waals surface area contributed by atoms with Gasteiger partial charge >= 0.3 is 0 Å². The van der Waals surface area contributed by atoms with Gasteiger partial charge in [0, 0.05) is 18.2 Å². The molecule has 0 heterocycles. The van der Waals surface area contributed by atoms with E-state index in [4.69, 9.17) is 5.73 Å². The van der Waals surface area contributed by atoms with Crippen LogP contribution in [0.3, 0.4) is 0 Å². The lowest BCUT2D eigenvalue weighted by molar-refractivity contribution is -0.116. The molecule has 3 N–H and O–H groups in total. The Morgan fingerprint density at radius 2 is 1.88 bits per heavy atom. The van der Waals surface area contributed by atoms with Crippen molar-refractivity contribution in [3.05, 3.63) is 29.8 Å². The van der Waals surface area contributed by atoms with Crippen LogP contribution in [-0.4, -0.2) is 11.9 Å². The average Bonchev–Trinajstić information content (AvgIpc) is 2.29. The molecule has 1 amide bonds. The molecule has 0 aliphatic rings. The minimum atomic E-state index is -0.0788. The fraction of sp³-hybridized carbons (Fsp3) is 0.500. The van der Waals surface area contributed by atoms with Gasteiger partial charge in [0.25, 0.3) is 0 Å². The third-order valence-corrected chi connectivity index (χ3v) is 2.92. The van der Waals surface area contributed by atoms with E-state index in [1.54, 1.807) is 0 Å². The van der Waals surface area contributed by atoms with Gasteiger partial charge < -0.3 is 11.1 Å². The lowest BCUT2D eigenvalue weighted by Crippen LogP contribution is -2.31. The Morgan fingerprint density at radius 3 is 2.35 bits per heavy atom. The molecule has 0 saturated carbocycles. The van der Waals surface area contributed by atoms with E-state index in [1.807, 2.05) is 38.1 Å². The molecule has 0 saturated heterocycles. The minimum absolute atomic E-state index is 0.0181. The van der Waals surface area contributed by atoms with Crippen molar-refractivity contribution in [2.24, 2.45) is 11.7 Å². The van der Waals surface area contributed by atoms with Crippen LogP contribution in [-0.2, 0) is 11.2 Å². The number of nitrogens with one attached hydrogen (secondary N) is 1. The highest BCUT2D eigenvalue weighted by Gasteiger charge is 2.12. The van der Waals surface area contributed by atoms with E-state index >= 15 is 0 Å². The molecule has 0 aliphatic heterocycles. The van der Waals surface area contributed by atoms with Gasteiger partial charge in [0.15, 0.2) is 0 Å². The van der Waals surface area contributed by atoms with Crippen molar-refractivity contribution in [3.63, 3.8) is 0 Å². The molecule has 1 unspecified atom stereocenters. The summed E-state index contributed by atoms with van der Waals surface area (Å²) in [5.41, 5.74) is 7.96. The quantitative estimate of drug-likeness (QED) is 0.822. The van der Waals surface area contributed by atoms with Crippen LogP contribution in [0.15, 0.2) is 24.3 Å². The van der Waals surface area contributed by atoms with Crippen LogP contribution < -0.4 is 11.1 Å². The van der Waals surface area contributed by atoms with Crippen molar-refractivity contribution in [3.8, 4) is 0 Å². The Kier molecular flexibility index (Phi) is 5.16. The second-order valence-corrected chi connectivity index (χ2v) is 4.71. The highest BCUT2D eigenvalue weighted by molar-refractivity contribution is 5.91. The molecule has 0 aliphatic carbocycles. The summed E-state index contributed by atoms with van der Waals surface area (Å²) < 4.78 is 0. The van der Waals surface area contributed by atoms with Crippen molar-refractivity contribution >= 4 is 11.6 Å². The molecule has 0 fully saturated rings. The van der Waals surface area contributed by atoms with Gasteiger partial charge in [-0.15, -0.1) is 0 Å². The topological polar surface area (TPSA) is 55.1 Å². The van der Waals surface area contributed by atoms with Crippen molar-refractivity contribution in [1.29, 1.82) is 0 Å². The molecule has 1 aromatic rings. The van der Waals surface area contributed by atoms with Crippen molar-refractivity contribution < 1.29 is 4.79 Å². The summed E-state index contributed by atoms with van der Waals surface area (Å²) >= 11 is 0. The van der Waals surface area contributed by atoms with E-state index in [-0.39, 0.29) is 11.9 Å². The van der Waals surface area contributed by atoms with Gasteiger partial charge in [0.2, 0.25) is 5.91 Å². The molecular formula is C14H22N2O. The van der Waals surface area contributed by atoms with Gasteiger partial charge in [0.05, 0.1) is 0 Å². The molecule has 1 rings (SSSR count). The zero-order valence-electron chi connectivity index (χ0n) is 10.9. The van der Waals surface area contributed by atoms with Crippen LogP contribution in [0, 0.1) is 5.92 Å². The van der Waals surface area contributed by atoms with Gasteiger partial charge in [-0.25, -0.2) is 0 Å². The molecule has 0 radical (unpaired) electrons. The predicted molar refractivity (Wildman–Crippen MR) is 71.9 cm³/mol. The number of hydrogen-bond donors (Lipinski definition) is 2. The zero-order valence-corrected chi connectivity index (χ0v) is 10.9. The second-order valence-electron chi connectivity index (χ2n) is 4.71. The summed E-state index contributed by atoms with van der Waals surface area (Å²) in [4.78, 5) is 11.7. The van der Waals surface area contributed by atoms with Gasteiger partial charge in [-0.3, -0.25) is 4.79 Å². The number of benzene rings is 1. The first-order valence-corrected chi connectivity index (χ1v) is 6.17. The molecule has 0 bridgehead atoms. The summed E-state index contributed by atoms with van der Waals surface area (Å²) in [7, 11) is 0. The lowest BCUT2D eigenvalue weighted by Gasteiger charge is -2.15. The van der Waals surface area contributed by atoms with E-state index in [2.05, 4.69) is 12.2 Å². The molecule has 3 heteroatoms. The van der Waals surface area contributed by atoms with E-state index < -0.39 is 0 Å². The third kappa shape index (κ3) is 4.57. The molecule has 3 nitrogen and oxygen atoms in total.